The number of hydrogen-bond donors (Lipinski definition) is 2. The molecule has 0 radical (unpaired) electrons. The van der Waals surface area contributed by atoms with Gasteiger partial charge in [0.2, 0.25) is 0 Å². The lowest BCUT2D eigenvalue weighted by molar-refractivity contribution is -0.140. The number of esters is 1. The van der Waals surface area contributed by atoms with Crippen LogP contribution >= 0.6 is 0 Å². The molecule has 1 aromatic rings. The highest BCUT2D eigenvalue weighted by Gasteiger charge is 2.52. The predicted molar refractivity (Wildman–Crippen MR) is 99.2 cm³/mol. The SMILES string of the molecule is CCn1c(C)cc(C(=O)OCC(=O)NN2C(=O)NC3(CCCCC3)C2=O)c1C. The number of urea groups is 1. The average Bonchev–Trinajstić information content (AvgIpc) is 3.08. The van der Waals surface area contributed by atoms with Crippen LogP contribution in [0, 0.1) is 13.8 Å². The Hall–Kier alpha value is -2.84. The average molecular weight is 390 g/mol. The zero-order valence-electron chi connectivity index (χ0n) is 16.5. The van der Waals surface area contributed by atoms with Gasteiger partial charge in [-0.2, -0.15) is 5.01 Å². The topological polar surface area (TPSA) is 110 Å². The summed E-state index contributed by atoms with van der Waals surface area (Å²) in [7, 11) is 0. The number of hydrazine groups is 1. The van der Waals surface area contributed by atoms with Gasteiger partial charge in [-0.3, -0.25) is 15.0 Å². The molecule has 2 N–H and O–H groups in total. The van der Waals surface area contributed by atoms with E-state index in [1.165, 1.54) is 0 Å². The van der Waals surface area contributed by atoms with E-state index < -0.39 is 36.0 Å². The summed E-state index contributed by atoms with van der Waals surface area (Å²) >= 11 is 0. The van der Waals surface area contributed by atoms with Crippen LogP contribution in [-0.4, -0.2) is 45.5 Å². The van der Waals surface area contributed by atoms with E-state index in [2.05, 4.69) is 10.7 Å². The number of ether oxygens (including phenoxy) is 1. The summed E-state index contributed by atoms with van der Waals surface area (Å²) in [6.07, 6.45) is 3.84. The number of aryl methyl sites for hydroxylation is 1. The van der Waals surface area contributed by atoms with E-state index in [4.69, 9.17) is 4.74 Å². The fourth-order valence-corrected chi connectivity index (χ4v) is 4.08. The zero-order valence-corrected chi connectivity index (χ0v) is 16.5. The zero-order chi connectivity index (χ0) is 20.5. The molecule has 1 spiro atoms. The molecule has 28 heavy (non-hydrogen) atoms. The van der Waals surface area contributed by atoms with E-state index in [1.54, 1.807) is 6.07 Å². The van der Waals surface area contributed by atoms with Crippen molar-refractivity contribution in [2.24, 2.45) is 0 Å². The molecule has 9 heteroatoms. The Morgan fingerprint density at radius 2 is 1.89 bits per heavy atom. The fourth-order valence-electron chi connectivity index (χ4n) is 4.08. The first-order valence-electron chi connectivity index (χ1n) is 9.59. The molecule has 2 aliphatic rings. The summed E-state index contributed by atoms with van der Waals surface area (Å²) in [5.74, 6) is -1.82. The second-order valence-electron chi connectivity index (χ2n) is 7.35. The minimum absolute atomic E-state index is 0.392. The summed E-state index contributed by atoms with van der Waals surface area (Å²) in [6.45, 7) is 5.81. The van der Waals surface area contributed by atoms with Crippen LogP contribution in [0.2, 0.25) is 0 Å². The van der Waals surface area contributed by atoms with Crippen molar-refractivity contribution in [2.45, 2.75) is 65.0 Å². The van der Waals surface area contributed by atoms with Gasteiger partial charge in [0.25, 0.3) is 11.8 Å². The van der Waals surface area contributed by atoms with E-state index in [0.29, 0.717) is 23.4 Å². The molecule has 1 saturated heterocycles. The van der Waals surface area contributed by atoms with E-state index in [0.717, 1.165) is 37.2 Å². The highest BCUT2D eigenvalue weighted by molar-refractivity contribution is 6.08. The van der Waals surface area contributed by atoms with Gasteiger partial charge in [-0.15, -0.1) is 0 Å². The molecule has 0 bridgehead atoms. The maximum Gasteiger partial charge on any atom is 0.344 e. The number of aromatic nitrogens is 1. The summed E-state index contributed by atoms with van der Waals surface area (Å²) in [6, 6.07) is 1.06. The largest absolute Gasteiger partial charge is 0.452 e. The number of imide groups is 1. The van der Waals surface area contributed by atoms with E-state index >= 15 is 0 Å². The Bertz CT molecular complexity index is 823. The van der Waals surface area contributed by atoms with Crippen LogP contribution in [-0.2, 0) is 20.9 Å². The van der Waals surface area contributed by atoms with Gasteiger partial charge < -0.3 is 14.6 Å². The maximum absolute atomic E-state index is 12.6. The molecular weight excluding hydrogens is 364 g/mol. The third-order valence-electron chi connectivity index (χ3n) is 5.55. The highest BCUT2D eigenvalue weighted by atomic mass is 16.5. The molecule has 0 unspecified atom stereocenters. The van der Waals surface area contributed by atoms with Gasteiger partial charge in [0.1, 0.15) is 5.54 Å². The first-order valence-corrected chi connectivity index (χ1v) is 9.59. The van der Waals surface area contributed by atoms with Crippen LogP contribution in [0.15, 0.2) is 6.07 Å². The molecule has 3 rings (SSSR count). The lowest BCUT2D eigenvalue weighted by Gasteiger charge is -2.30. The fraction of sp³-hybridized carbons (Fsp3) is 0.579. The van der Waals surface area contributed by atoms with Gasteiger partial charge in [-0.1, -0.05) is 19.3 Å². The Kier molecular flexibility index (Phi) is 5.44. The molecule has 4 amide bonds. The standard InChI is InChI=1S/C19H26N4O5/c1-4-22-12(2)10-14(13(22)3)16(25)28-11-15(24)21-23-17(26)19(20-18(23)27)8-6-5-7-9-19/h10H,4-9,11H2,1-3H3,(H,20,27)(H,21,24). The van der Waals surface area contributed by atoms with Gasteiger partial charge in [-0.25, -0.2) is 9.59 Å². The molecule has 2 fully saturated rings. The van der Waals surface area contributed by atoms with Gasteiger partial charge in [0.05, 0.1) is 5.56 Å². The van der Waals surface area contributed by atoms with Crippen molar-refractivity contribution in [3.05, 3.63) is 23.0 Å². The highest BCUT2D eigenvalue weighted by Crippen LogP contribution is 2.32. The van der Waals surface area contributed by atoms with Crippen LogP contribution in [0.1, 0.15) is 60.8 Å². The van der Waals surface area contributed by atoms with Crippen molar-refractivity contribution < 1.29 is 23.9 Å². The maximum atomic E-state index is 12.6. The van der Waals surface area contributed by atoms with Gasteiger partial charge in [0.15, 0.2) is 6.61 Å². The van der Waals surface area contributed by atoms with E-state index in [1.807, 2.05) is 25.3 Å². The molecule has 9 nitrogen and oxygen atoms in total. The Morgan fingerprint density at radius 1 is 1.21 bits per heavy atom. The number of carbonyl (C=O) groups excluding carboxylic acids is 4. The number of hydrogen-bond acceptors (Lipinski definition) is 5. The number of carbonyl (C=O) groups is 4. The Labute approximate surface area is 163 Å². The van der Waals surface area contributed by atoms with Crippen molar-refractivity contribution in [1.82, 2.24) is 20.3 Å². The quantitative estimate of drug-likeness (QED) is 0.586. The molecule has 2 heterocycles. The third-order valence-corrected chi connectivity index (χ3v) is 5.55. The Morgan fingerprint density at radius 3 is 2.50 bits per heavy atom. The summed E-state index contributed by atoms with van der Waals surface area (Å²) < 4.78 is 7.03. The van der Waals surface area contributed by atoms with Crippen LogP contribution in [0.3, 0.4) is 0 Å². The third kappa shape index (κ3) is 3.48. The molecule has 1 aromatic heterocycles. The van der Waals surface area contributed by atoms with Gasteiger partial charge in [-0.05, 0) is 39.7 Å². The van der Waals surface area contributed by atoms with Crippen LogP contribution in [0.25, 0.3) is 0 Å². The number of nitrogens with one attached hydrogen (secondary N) is 2. The molecule has 0 atom stereocenters. The molecule has 152 valence electrons. The van der Waals surface area contributed by atoms with E-state index in [9.17, 15) is 19.2 Å². The molecular formula is C19H26N4O5. The number of nitrogens with zero attached hydrogens (tertiary/aromatic N) is 2. The summed E-state index contributed by atoms with van der Waals surface area (Å²) in [5.41, 5.74) is 3.41. The monoisotopic (exact) mass is 390 g/mol. The second kappa shape index (κ2) is 7.65. The molecule has 0 aromatic carbocycles. The minimum atomic E-state index is -0.920. The Balaban J connectivity index is 1.58. The smallest absolute Gasteiger partial charge is 0.344 e. The van der Waals surface area contributed by atoms with E-state index in [-0.39, 0.29) is 0 Å². The van der Waals surface area contributed by atoms with Crippen molar-refractivity contribution in [3.63, 3.8) is 0 Å². The molecule has 1 aliphatic carbocycles. The van der Waals surface area contributed by atoms with Crippen molar-refractivity contribution in [3.8, 4) is 0 Å². The normalized spacial score (nSPS) is 18.3. The molecule has 1 saturated carbocycles. The van der Waals surface area contributed by atoms with Crippen LogP contribution in [0.4, 0.5) is 4.79 Å². The van der Waals surface area contributed by atoms with Gasteiger partial charge >= 0.3 is 12.0 Å². The van der Waals surface area contributed by atoms with Crippen molar-refractivity contribution >= 4 is 23.8 Å². The predicted octanol–water partition coefficient (Wildman–Crippen LogP) is 1.57. The summed E-state index contributed by atoms with van der Waals surface area (Å²) in [4.78, 5) is 49.2. The number of amides is 4. The lowest BCUT2D eigenvalue weighted by atomic mass is 9.82. The second-order valence-corrected chi connectivity index (χ2v) is 7.35. The number of rotatable bonds is 5. The lowest BCUT2D eigenvalue weighted by Crippen LogP contribution is -2.51. The molecule has 1 aliphatic heterocycles. The summed E-state index contributed by atoms with van der Waals surface area (Å²) in [5, 5.41) is 3.40. The minimum Gasteiger partial charge on any atom is -0.452 e. The first-order chi connectivity index (χ1) is 13.3. The van der Waals surface area contributed by atoms with Crippen molar-refractivity contribution in [2.75, 3.05) is 6.61 Å². The van der Waals surface area contributed by atoms with Gasteiger partial charge in [0, 0.05) is 17.9 Å². The van der Waals surface area contributed by atoms with Crippen LogP contribution < -0.4 is 10.7 Å². The van der Waals surface area contributed by atoms with Crippen LogP contribution in [0.5, 0.6) is 0 Å². The first kappa shape index (κ1) is 19.9. The van der Waals surface area contributed by atoms with Crippen molar-refractivity contribution in [1.29, 1.82) is 0 Å².